The van der Waals surface area contributed by atoms with Gasteiger partial charge in [0.15, 0.2) is 11.5 Å². The Morgan fingerprint density at radius 3 is 2.72 bits per heavy atom. The number of nitrogens with one attached hydrogen (secondary N) is 2. The highest BCUT2D eigenvalue weighted by Gasteiger charge is 2.15. The van der Waals surface area contributed by atoms with Crippen molar-refractivity contribution in [3.8, 4) is 17.2 Å². The monoisotopic (exact) mass is 454 g/mol. The second kappa shape index (κ2) is 9.69. The van der Waals surface area contributed by atoms with Crippen LogP contribution in [0.25, 0.3) is 5.69 Å². The lowest BCUT2D eigenvalue weighted by Crippen LogP contribution is -2.34. The average molecular weight is 455 g/mol. The van der Waals surface area contributed by atoms with Gasteiger partial charge in [-0.1, -0.05) is 29.5 Å². The summed E-state index contributed by atoms with van der Waals surface area (Å²) in [7, 11) is 0. The summed E-state index contributed by atoms with van der Waals surface area (Å²) in [5.74, 6) is 1.18. The number of fused-ring (bicyclic) bond motifs is 1. The van der Waals surface area contributed by atoms with Gasteiger partial charge < -0.3 is 14.8 Å². The van der Waals surface area contributed by atoms with Crippen molar-refractivity contribution in [3.05, 3.63) is 47.5 Å². The van der Waals surface area contributed by atoms with Crippen LogP contribution in [0.4, 0.5) is 10.5 Å². The Labute approximate surface area is 188 Å². The highest BCUT2D eigenvalue weighted by Crippen LogP contribution is 2.32. The lowest BCUT2D eigenvalue weighted by molar-refractivity contribution is -0.119. The molecule has 3 aromatic rings. The number of thioether (sulfide) groups is 1. The van der Waals surface area contributed by atoms with E-state index in [1.54, 1.807) is 22.9 Å². The predicted octanol–water partition coefficient (Wildman–Crippen LogP) is 2.88. The van der Waals surface area contributed by atoms with Gasteiger partial charge in [0.2, 0.25) is 11.1 Å². The van der Waals surface area contributed by atoms with E-state index >= 15 is 0 Å². The summed E-state index contributed by atoms with van der Waals surface area (Å²) in [4.78, 5) is 24.3. The molecule has 2 N–H and O–H groups in total. The molecule has 1 aromatic heterocycles. The van der Waals surface area contributed by atoms with Crippen LogP contribution in [0.5, 0.6) is 11.5 Å². The Morgan fingerprint density at radius 1 is 1.09 bits per heavy atom. The molecular formula is C21H22N6O4S. The number of aryl methyl sites for hydroxylation is 2. The summed E-state index contributed by atoms with van der Waals surface area (Å²) in [6.07, 6.45) is 0.124. The molecule has 3 amide bonds. The molecule has 10 nitrogen and oxygen atoms in total. The van der Waals surface area contributed by atoms with Crippen LogP contribution in [-0.4, -0.2) is 51.1 Å². The zero-order valence-corrected chi connectivity index (χ0v) is 18.4. The van der Waals surface area contributed by atoms with Crippen molar-refractivity contribution in [1.29, 1.82) is 0 Å². The first kappa shape index (κ1) is 21.6. The van der Waals surface area contributed by atoms with Gasteiger partial charge >= 0.3 is 6.03 Å². The van der Waals surface area contributed by atoms with Gasteiger partial charge in [-0.2, -0.15) is 4.68 Å². The number of carbonyl (C=O) groups excluding carboxylic acids is 2. The maximum absolute atomic E-state index is 12.2. The number of rotatable bonds is 6. The number of nitrogens with zero attached hydrogens (tertiary/aromatic N) is 4. The third-order valence-electron chi connectivity index (χ3n) is 4.63. The number of anilines is 1. The predicted molar refractivity (Wildman–Crippen MR) is 119 cm³/mol. The van der Waals surface area contributed by atoms with Crippen LogP contribution >= 0.6 is 11.8 Å². The number of ether oxygens (including phenoxy) is 2. The van der Waals surface area contributed by atoms with E-state index < -0.39 is 11.9 Å². The van der Waals surface area contributed by atoms with E-state index in [1.165, 1.54) is 11.8 Å². The number of tetrazole rings is 1. The maximum atomic E-state index is 12.2. The molecule has 2 aromatic carbocycles. The average Bonchev–Trinajstić information content (AvgIpc) is 3.21. The second-order valence-corrected chi connectivity index (χ2v) is 8.18. The number of hydrogen-bond acceptors (Lipinski definition) is 8. The Balaban J connectivity index is 1.27. The fourth-order valence-electron chi connectivity index (χ4n) is 3.17. The summed E-state index contributed by atoms with van der Waals surface area (Å²) >= 11 is 1.34. The molecule has 166 valence electrons. The van der Waals surface area contributed by atoms with E-state index in [4.69, 9.17) is 9.47 Å². The van der Waals surface area contributed by atoms with Crippen LogP contribution in [0.3, 0.4) is 0 Å². The van der Waals surface area contributed by atoms with E-state index in [-0.39, 0.29) is 6.42 Å². The Hall–Kier alpha value is -3.60. The van der Waals surface area contributed by atoms with E-state index in [0.29, 0.717) is 41.3 Å². The lowest BCUT2D eigenvalue weighted by atomic mass is 10.1. The number of imide groups is 1. The minimum absolute atomic E-state index is 0.124. The van der Waals surface area contributed by atoms with Crippen LogP contribution in [-0.2, 0) is 4.79 Å². The molecule has 0 bridgehead atoms. The molecule has 0 spiro atoms. The zero-order chi connectivity index (χ0) is 22.5. The molecule has 1 aliphatic rings. The first-order chi connectivity index (χ1) is 15.5. The molecular weight excluding hydrogens is 432 g/mol. The SMILES string of the molecule is Cc1ccc(-n2nnnc2SCCC(=O)NC(=O)Nc2ccc3c(c2)OCCO3)c(C)c1. The standard InChI is InChI=1S/C21H22N6O4S/c1-13-3-5-16(14(2)11-13)27-21(24-25-26-27)32-10-7-19(28)23-20(29)22-15-4-6-17-18(12-15)31-9-8-30-17/h3-6,11-12H,7-10H2,1-2H3,(H2,22,23,28,29). The van der Waals surface area contributed by atoms with E-state index in [9.17, 15) is 9.59 Å². The topological polar surface area (TPSA) is 120 Å². The quantitative estimate of drug-likeness (QED) is 0.546. The molecule has 0 atom stereocenters. The van der Waals surface area contributed by atoms with Crippen LogP contribution < -0.4 is 20.1 Å². The van der Waals surface area contributed by atoms with E-state index in [0.717, 1.165) is 16.8 Å². The lowest BCUT2D eigenvalue weighted by Gasteiger charge is -2.19. The fourth-order valence-corrected chi connectivity index (χ4v) is 3.99. The normalized spacial score (nSPS) is 12.3. The van der Waals surface area contributed by atoms with Crippen molar-refractivity contribution >= 4 is 29.4 Å². The Kier molecular flexibility index (Phi) is 6.55. The molecule has 0 radical (unpaired) electrons. The molecule has 2 heterocycles. The summed E-state index contributed by atoms with van der Waals surface area (Å²) in [6, 6.07) is 10.4. The molecule has 11 heteroatoms. The largest absolute Gasteiger partial charge is 0.486 e. The third-order valence-corrected chi connectivity index (χ3v) is 5.56. The molecule has 0 fully saturated rings. The van der Waals surface area contributed by atoms with E-state index in [1.807, 2.05) is 26.0 Å². The molecule has 0 saturated heterocycles. The van der Waals surface area contributed by atoms with Crippen molar-refractivity contribution in [3.63, 3.8) is 0 Å². The van der Waals surface area contributed by atoms with Crippen molar-refractivity contribution in [2.45, 2.75) is 25.4 Å². The van der Waals surface area contributed by atoms with Gasteiger partial charge in [0.25, 0.3) is 0 Å². The first-order valence-electron chi connectivity index (χ1n) is 9.99. The summed E-state index contributed by atoms with van der Waals surface area (Å²) in [5.41, 5.74) is 3.58. The summed E-state index contributed by atoms with van der Waals surface area (Å²) in [6.45, 7) is 4.95. The van der Waals surface area contributed by atoms with Gasteiger partial charge in [0.1, 0.15) is 13.2 Å². The van der Waals surface area contributed by atoms with Crippen LogP contribution in [0.15, 0.2) is 41.6 Å². The summed E-state index contributed by atoms with van der Waals surface area (Å²) < 4.78 is 12.6. The molecule has 1 aliphatic heterocycles. The van der Waals surface area contributed by atoms with Gasteiger partial charge in [0, 0.05) is 23.9 Å². The zero-order valence-electron chi connectivity index (χ0n) is 17.6. The van der Waals surface area contributed by atoms with Gasteiger partial charge in [-0.15, -0.1) is 5.10 Å². The fraction of sp³-hybridized carbons (Fsp3) is 0.286. The van der Waals surface area contributed by atoms with Crippen LogP contribution in [0.1, 0.15) is 17.5 Å². The van der Waals surface area contributed by atoms with Crippen molar-refractivity contribution < 1.29 is 19.1 Å². The van der Waals surface area contributed by atoms with Crippen molar-refractivity contribution in [2.24, 2.45) is 0 Å². The van der Waals surface area contributed by atoms with Crippen LogP contribution in [0.2, 0.25) is 0 Å². The van der Waals surface area contributed by atoms with Crippen molar-refractivity contribution in [2.75, 3.05) is 24.3 Å². The number of urea groups is 1. The highest BCUT2D eigenvalue weighted by atomic mass is 32.2. The van der Waals surface area contributed by atoms with Gasteiger partial charge in [-0.05, 0) is 48.0 Å². The highest BCUT2D eigenvalue weighted by molar-refractivity contribution is 7.99. The number of benzene rings is 2. The number of aromatic nitrogens is 4. The third kappa shape index (κ3) is 5.17. The molecule has 0 saturated carbocycles. The molecule has 32 heavy (non-hydrogen) atoms. The first-order valence-corrected chi connectivity index (χ1v) is 11.0. The summed E-state index contributed by atoms with van der Waals surface area (Å²) in [5, 5.41) is 17.3. The second-order valence-electron chi connectivity index (χ2n) is 7.12. The minimum atomic E-state index is -0.614. The number of carbonyl (C=O) groups is 2. The Bertz CT molecular complexity index is 1150. The Morgan fingerprint density at radius 2 is 1.91 bits per heavy atom. The minimum Gasteiger partial charge on any atom is -0.486 e. The van der Waals surface area contributed by atoms with Gasteiger partial charge in [0.05, 0.1) is 5.69 Å². The maximum Gasteiger partial charge on any atom is 0.325 e. The smallest absolute Gasteiger partial charge is 0.325 e. The molecule has 0 unspecified atom stereocenters. The molecule has 0 aliphatic carbocycles. The number of amides is 3. The van der Waals surface area contributed by atoms with Gasteiger partial charge in [-0.25, -0.2) is 4.79 Å². The van der Waals surface area contributed by atoms with Gasteiger partial charge in [-0.3, -0.25) is 10.1 Å². The van der Waals surface area contributed by atoms with Crippen molar-refractivity contribution in [1.82, 2.24) is 25.5 Å². The molecule has 4 rings (SSSR count). The van der Waals surface area contributed by atoms with Crippen LogP contribution in [0, 0.1) is 13.8 Å². The number of hydrogen-bond donors (Lipinski definition) is 2. The van der Waals surface area contributed by atoms with E-state index in [2.05, 4.69) is 32.2 Å².